The van der Waals surface area contributed by atoms with E-state index in [1.54, 1.807) is 18.4 Å². The molecule has 0 aliphatic heterocycles. The Labute approximate surface area is 134 Å². The molecule has 0 radical (unpaired) electrons. The number of aryl methyl sites for hydroxylation is 2. The maximum atomic E-state index is 6.33. The van der Waals surface area contributed by atoms with Crippen LogP contribution in [0.4, 0.5) is 0 Å². The molecular formula is C15H20ClN3OS. The van der Waals surface area contributed by atoms with Crippen LogP contribution in [0.1, 0.15) is 17.0 Å². The summed E-state index contributed by atoms with van der Waals surface area (Å²) in [4.78, 5) is 0. The molecule has 1 N–H and O–H groups in total. The van der Waals surface area contributed by atoms with Gasteiger partial charge in [-0.05, 0) is 25.5 Å². The average Bonchev–Trinajstić information content (AvgIpc) is 2.94. The molecule has 1 aromatic heterocycles. The first-order valence-electron chi connectivity index (χ1n) is 7.00. The van der Waals surface area contributed by atoms with Gasteiger partial charge in [-0.1, -0.05) is 41.1 Å². The van der Waals surface area contributed by atoms with Crippen molar-refractivity contribution in [3.63, 3.8) is 0 Å². The summed E-state index contributed by atoms with van der Waals surface area (Å²) < 4.78 is 4.98. The minimum absolute atomic E-state index is 0.745. The number of methoxy groups -OCH3 is 1. The van der Waals surface area contributed by atoms with Crippen molar-refractivity contribution in [2.75, 3.05) is 26.8 Å². The lowest BCUT2D eigenvalue weighted by molar-refractivity contribution is 0.199. The van der Waals surface area contributed by atoms with Crippen LogP contribution < -0.4 is 5.32 Å². The quantitative estimate of drug-likeness (QED) is 0.756. The molecule has 0 aliphatic rings. The molecule has 0 fully saturated rings. The summed E-state index contributed by atoms with van der Waals surface area (Å²) in [6, 6.07) is 5.99. The van der Waals surface area contributed by atoms with Crippen molar-refractivity contribution < 1.29 is 4.74 Å². The molecule has 114 valence electrons. The summed E-state index contributed by atoms with van der Waals surface area (Å²) in [6.45, 7) is 4.59. The third-order valence-corrected chi connectivity index (χ3v) is 4.63. The molecule has 0 unspecified atom stereocenters. The first-order valence-corrected chi connectivity index (χ1v) is 8.19. The minimum atomic E-state index is 0.745. The highest BCUT2D eigenvalue weighted by Crippen LogP contribution is 2.32. The van der Waals surface area contributed by atoms with E-state index in [9.17, 15) is 0 Å². The summed E-state index contributed by atoms with van der Waals surface area (Å²) in [5.74, 6) is 0. The van der Waals surface area contributed by atoms with Gasteiger partial charge < -0.3 is 10.1 Å². The second-order valence-electron chi connectivity index (χ2n) is 4.78. The molecule has 1 heterocycles. The van der Waals surface area contributed by atoms with Crippen LogP contribution in [0.15, 0.2) is 18.2 Å². The zero-order valence-corrected chi connectivity index (χ0v) is 13.9. The second kappa shape index (κ2) is 8.44. The predicted molar refractivity (Wildman–Crippen MR) is 88.2 cm³/mol. The number of ether oxygens (including phenoxy) is 1. The number of rotatable bonds is 8. The standard InChI is InChI=1S/C15H20ClN3OS/c1-11-5-3-6-12(14(11)16)15-19-18-13(21-15)7-4-8-17-9-10-20-2/h3,5-6,17H,4,7-10H2,1-2H3. The highest BCUT2D eigenvalue weighted by Gasteiger charge is 2.11. The Morgan fingerprint density at radius 1 is 1.29 bits per heavy atom. The molecule has 0 saturated heterocycles. The van der Waals surface area contributed by atoms with Crippen molar-refractivity contribution in [3.05, 3.63) is 33.8 Å². The molecule has 2 aromatic rings. The van der Waals surface area contributed by atoms with Crippen LogP contribution in [-0.2, 0) is 11.2 Å². The van der Waals surface area contributed by atoms with Gasteiger partial charge in [0.2, 0.25) is 0 Å². The van der Waals surface area contributed by atoms with Gasteiger partial charge in [0, 0.05) is 25.6 Å². The van der Waals surface area contributed by atoms with Crippen LogP contribution in [0.5, 0.6) is 0 Å². The lowest BCUT2D eigenvalue weighted by atomic mass is 10.1. The number of halogens is 1. The Balaban J connectivity index is 1.88. The van der Waals surface area contributed by atoms with Gasteiger partial charge in [-0.3, -0.25) is 0 Å². The van der Waals surface area contributed by atoms with E-state index in [4.69, 9.17) is 16.3 Å². The van der Waals surface area contributed by atoms with Gasteiger partial charge in [-0.2, -0.15) is 0 Å². The lowest BCUT2D eigenvalue weighted by Crippen LogP contribution is -2.20. The zero-order valence-electron chi connectivity index (χ0n) is 12.4. The van der Waals surface area contributed by atoms with Crippen molar-refractivity contribution in [1.82, 2.24) is 15.5 Å². The van der Waals surface area contributed by atoms with Gasteiger partial charge in [-0.25, -0.2) is 0 Å². The number of benzene rings is 1. The van der Waals surface area contributed by atoms with E-state index < -0.39 is 0 Å². The van der Waals surface area contributed by atoms with Gasteiger partial charge in [-0.15, -0.1) is 10.2 Å². The van der Waals surface area contributed by atoms with Crippen LogP contribution in [0.25, 0.3) is 10.6 Å². The number of nitrogens with one attached hydrogen (secondary N) is 1. The van der Waals surface area contributed by atoms with Gasteiger partial charge in [0.25, 0.3) is 0 Å². The Morgan fingerprint density at radius 3 is 2.95 bits per heavy atom. The fourth-order valence-electron chi connectivity index (χ4n) is 1.94. The zero-order chi connectivity index (χ0) is 15.1. The number of hydrogen-bond donors (Lipinski definition) is 1. The molecule has 21 heavy (non-hydrogen) atoms. The van der Waals surface area contributed by atoms with E-state index >= 15 is 0 Å². The Hall–Kier alpha value is -1.01. The molecule has 6 heteroatoms. The smallest absolute Gasteiger partial charge is 0.149 e. The molecule has 1 aromatic carbocycles. The lowest BCUT2D eigenvalue weighted by Gasteiger charge is -2.02. The monoisotopic (exact) mass is 325 g/mol. The van der Waals surface area contributed by atoms with Gasteiger partial charge in [0.15, 0.2) is 0 Å². The van der Waals surface area contributed by atoms with Crippen LogP contribution in [0.3, 0.4) is 0 Å². The molecule has 0 saturated carbocycles. The topological polar surface area (TPSA) is 47.0 Å². The van der Waals surface area contributed by atoms with Crippen LogP contribution in [0, 0.1) is 6.92 Å². The molecule has 2 rings (SSSR count). The summed E-state index contributed by atoms with van der Waals surface area (Å²) in [6.07, 6.45) is 1.97. The molecule has 4 nitrogen and oxygen atoms in total. The van der Waals surface area contributed by atoms with Crippen LogP contribution in [0.2, 0.25) is 5.02 Å². The Morgan fingerprint density at radius 2 is 2.14 bits per heavy atom. The van der Waals surface area contributed by atoms with Crippen molar-refractivity contribution in [2.45, 2.75) is 19.8 Å². The van der Waals surface area contributed by atoms with Crippen LogP contribution >= 0.6 is 22.9 Å². The molecule has 0 spiro atoms. The van der Waals surface area contributed by atoms with Crippen LogP contribution in [-0.4, -0.2) is 37.0 Å². The normalized spacial score (nSPS) is 11.0. The highest BCUT2D eigenvalue weighted by atomic mass is 35.5. The largest absolute Gasteiger partial charge is 0.383 e. The Kier molecular flexibility index (Phi) is 6.57. The number of aromatic nitrogens is 2. The van der Waals surface area contributed by atoms with Crippen molar-refractivity contribution in [1.29, 1.82) is 0 Å². The van der Waals surface area contributed by atoms with Crippen molar-refractivity contribution in [3.8, 4) is 10.6 Å². The second-order valence-corrected chi connectivity index (χ2v) is 6.22. The molecule has 0 bridgehead atoms. The van der Waals surface area contributed by atoms with Gasteiger partial charge in [0.1, 0.15) is 10.0 Å². The van der Waals surface area contributed by atoms with E-state index in [1.165, 1.54) is 0 Å². The van der Waals surface area contributed by atoms with E-state index in [1.807, 2.05) is 25.1 Å². The van der Waals surface area contributed by atoms with E-state index in [0.29, 0.717) is 0 Å². The number of nitrogens with zero attached hydrogens (tertiary/aromatic N) is 2. The summed E-state index contributed by atoms with van der Waals surface area (Å²) in [5, 5.41) is 14.5. The Bertz CT molecular complexity index is 574. The molecule has 0 atom stereocenters. The first-order chi connectivity index (χ1) is 10.2. The fourth-order valence-corrected chi connectivity index (χ4v) is 3.12. The maximum absolute atomic E-state index is 6.33. The molecule has 0 aliphatic carbocycles. The van der Waals surface area contributed by atoms with Crippen molar-refractivity contribution in [2.24, 2.45) is 0 Å². The summed E-state index contributed by atoms with van der Waals surface area (Å²) in [5.41, 5.74) is 2.03. The van der Waals surface area contributed by atoms with Gasteiger partial charge in [0.05, 0.1) is 11.6 Å². The van der Waals surface area contributed by atoms with E-state index in [-0.39, 0.29) is 0 Å². The fraction of sp³-hybridized carbons (Fsp3) is 0.467. The maximum Gasteiger partial charge on any atom is 0.149 e. The molecular weight excluding hydrogens is 306 g/mol. The summed E-state index contributed by atoms with van der Waals surface area (Å²) in [7, 11) is 1.71. The minimum Gasteiger partial charge on any atom is -0.383 e. The van der Waals surface area contributed by atoms with Crippen molar-refractivity contribution >= 4 is 22.9 Å². The molecule has 0 amide bonds. The van der Waals surface area contributed by atoms with E-state index in [0.717, 1.165) is 58.7 Å². The summed E-state index contributed by atoms with van der Waals surface area (Å²) >= 11 is 7.95. The third kappa shape index (κ3) is 4.74. The SMILES string of the molecule is COCCNCCCc1nnc(-c2cccc(C)c2Cl)s1. The van der Waals surface area contributed by atoms with Gasteiger partial charge >= 0.3 is 0 Å². The third-order valence-electron chi connectivity index (χ3n) is 3.12. The highest BCUT2D eigenvalue weighted by molar-refractivity contribution is 7.14. The predicted octanol–water partition coefficient (Wildman–Crippen LogP) is 3.34. The van der Waals surface area contributed by atoms with E-state index in [2.05, 4.69) is 15.5 Å². The number of hydrogen-bond acceptors (Lipinski definition) is 5. The first kappa shape index (κ1) is 16.4. The average molecular weight is 326 g/mol.